The van der Waals surface area contributed by atoms with Gasteiger partial charge in [-0.3, -0.25) is 14.5 Å². The van der Waals surface area contributed by atoms with E-state index in [1.807, 2.05) is 18.2 Å². The number of carbonyl (C=O) groups excluding carboxylic acids is 1. The highest BCUT2D eigenvalue weighted by atomic mass is 35.5. The first kappa shape index (κ1) is 21.3. The number of likely N-dealkylation sites (tertiary alicyclic amines) is 1. The fourth-order valence-corrected chi connectivity index (χ4v) is 3.93. The van der Waals surface area contributed by atoms with Gasteiger partial charge in [0, 0.05) is 61.0 Å². The molecule has 31 heavy (non-hydrogen) atoms. The average molecular weight is 441 g/mol. The number of likely N-dealkylation sites (N-methyl/N-ethyl adjacent to an activating group) is 1. The van der Waals surface area contributed by atoms with Crippen molar-refractivity contribution in [3.63, 3.8) is 0 Å². The third-order valence-corrected chi connectivity index (χ3v) is 5.87. The minimum atomic E-state index is -0.246. The van der Waals surface area contributed by atoms with Gasteiger partial charge >= 0.3 is 0 Å². The molecule has 0 saturated carbocycles. The van der Waals surface area contributed by atoms with Crippen LogP contribution in [0.25, 0.3) is 22.2 Å². The lowest BCUT2D eigenvalue weighted by Gasteiger charge is -2.32. The van der Waals surface area contributed by atoms with Crippen LogP contribution < -0.4 is 10.9 Å². The van der Waals surface area contributed by atoms with E-state index in [0.717, 1.165) is 31.3 Å². The first-order valence-electron chi connectivity index (χ1n) is 10.2. The number of aromatic nitrogens is 3. The van der Waals surface area contributed by atoms with Crippen LogP contribution in [-0.2, 0) is 4.79 Å². The predicted octanol–water partition coefficient (Wildman–Crippen LogP) is 2.60. The first-order valence-corrected chi connectivity index (χ1v) is 10.6. The molecule has 4 rings (SSSR count). The van der Waals surface area contributed by atoms with Crippen molar-refractivity contribution in [2.75, 3.05) is 39.0 Å². The van der Waals surface area contributed by atoms with Gasteiger partial charge in [0.25, 0.3) is 5.56 Å². The van der Waals surface area contributed by atoms with Gasteiger partial charge in [-0.2, -0.15) is 4.98 Å². The minimum absolute atomic E-state index is 0.115. The number of nitrogens with one attached hydrogen (secondary N) is 2. The van der Waals surface area contributed by atoms with Crippen LogP contribution in [0, 0.1) is 0 Å². The van der Waals surface area contributed by atoms with Gasteiger partial charge in [0.1, 0.15) is 5.65 Å². The van der Waals surface area contributed by atoms with Crippen LogP contribution in [0.5, 0.6) is 0 Å². The topological polar surface area (TPSA) is 94.2 Å². The van der Waals surface area contributed by atoms with E-state index in [0.29, 0.717) is 34.3 Å². The number of hydrogen-bond donors (Lipinski definition) is 2. The zero-order valence-electron chi connectivity index (χ0n) is 17.6. The molecule has 0 unspecified atom stereocenters. The number of anilines is 1. The first-order chi connectivity index (χ1) is 14.9. The molecule has 2 N–H and O–H groups in total. The summed E-state index contributed by atoms with van der Waals surface area (Å²) in [6.45, 7) is 2.12. The molecular weight excluding hydrogens is 416 g/mol. The van der Waals surface area contributed by atoms with Crippen molar-refractivity contribution >= 4 is 34.5 Å². The van der Waals surface area contributed by atoms with E-state index in [-0.39, 0.29) is 17.5 Å². The molecule has 1 fully saturated rings. The van der Waals surface area contributed by atoms with Crippen LogP contribution in [0.15, 0.2) is 41.3 Å². The number of pyridine rings is 1. The van der Waals surface area contributed by atoms with Gasteiger partial charge < -0.3 is 15.2 Å². The highest BCUT2D eigenvalue weighted by Gasteiger charge is 2.22. The normalized spacial score (nSPS) is 15.2. The number of halogens is 1. The summed E-state index contributed by atoms with van der Waals surface area (Å²) in [6, 6.07) is 9.22. The summed E-state index contributed by atoms with van der Waals surface area (Å²) in [5.74, 6) is 0.598. The van der Waals surface area contributed by atoms with Gasteiger partial charge in [-0.15, -0.1) is 0 Å². The van der Waals surface area contributed by atoms with Gasteiger partial charge in [-0.25, -0.2) is 4.98 Å². The zero-order chi connectivity index (χ0) is 22.0. The Morgan fingerprint density at radius 2 is 2.00 bits per heavy atom. The number of rotatable bonds is 5. The number of piperidine rings is 1. The maximum atomic E-state index is 12.6. The molecule has 9 heteroatoms. The predicted molar refractivity (Wildman–Crippen MR) is 122 cm³/mol. The van der Waals surface area contributed by atoms with Crippen LogP contribution in [0.2, 0.25) is 5.02 Å². The van der Waals surface area contributed by atoms with Crippen LogP contribution in [-0.4, -0.2) is 70.4 Å². The molecule has 162 valence electrons. The molecule has 1 aliphatic heterocycles. The highest BCUT2D eigenvalue weighted by Crippen LogP contribution is 2.26. The summed E-state index contributed by atoms with van der Waals surface area (Å²) < 4.78 is 0. The Bertz CT molecular complexity index is 1150. The summed E-state index contributed by atoms with van der Waals surface area (Å²) in [5, 5.41) is 4.61. The van der Waals surface area contributed by atoms with Crippen LogP contribution in [0.1, 0.15) is 12.8 Å². The Morgan fingerprint density at radius 3 is 2.71 bits per heavy atom. The lowest BCUT2D eigenvalue weighted by molar-refractivity contribution is -0.130. The molecule has 8 nitrogen and oxygen atoms in total. The zero-order valence-corrected chi connectivity index (χ0v) is 18.3. The van der Waals surface area contributed by atoms with Crippen LogP contribution in [0.4, 0.5) is 5.95 Å². The number of amides is 1. The molecule has 1 saturated heterocycles. The third-order valence-electron chi connectivity index (χ3n) is 5.54. The lowest BCUT2D eigenvalue weighted by atomic mass is 10.1. The fraction of sp³-hybridized carbons (Fsp3) is 0.364. The molecule has 3 aromatic rings. The summed E-state index contributed by atoms with van der Waals surface area (Å²) in [5.41, 5.74) is 1.40. The molecule has 0 spiro atoms. The molecule has 1 aromatic carbocycles. The fourth-order valence-electron chi connectivity index (χ4n) is 3.69. The number of nitrogens with zero attached hydrogens (tertiary/aromatic N) is 4. The van der Waals surface area contributed by atoms with Crippen molar-refractivity contribution in [1.29, 1.82) is 0 Å². The Hall–Kier alpha value is -2.97. The summed E-state index contributed by atoms with van der Waals surface area (Å²) in [7, 11) is 3.55. The number of carbonyl (C=O) groups is 1. The molecule has 0 radical (unpaired) electrons. The van der Waals surface area contributed by atoms with Gasteiger partial charge in [0.15, 0.2) is 0 Å². The lowest BCUT2D eigenvalue weighted by Crippen LogP contribution is -2.44. The molecule has 1 aliphatic rings. The van der Waals surface area contributed by atoms with Gasteiger partial charge in [-0.1, -0.05) is 29.8 Å². The molecule has 1 amide bonds. The smallest absolute Gasteiger partial charge is 0.257 e. The number of H-pyrrole nitrogens is 1. The summed E-state index contributed by atoms with van der Waals surface area (Å²) in [4.78, 5) is 40.1. The van der Waals surface area contributed by atoms with Gasteiger partial charge in [0.2, 0.25) is 11.9 Å². The Kier molecular flexibility index (Phi) is 6.20. The monoisotopic (exact) mass is 440 g/mol. The average Bonchev–Trinajstić information content (AvgIpc) is 2.75. The highest BCUT2D eigenvalue weighted by molar-refractivity contribution is 6.33. The van der Waals surface area contributed by atoms with E-state index in [2.05, 4.69) is 25.2 Å². The standard InChI is InChI=1S/C22H25ClN6O2/c1-28(2)19(30)13-29-9-7-15(8-10-29)25-22-24-12-14-11-17(21(31)26-20(14)27-22)16-5-3-4-6-18(16)23/h3-6,11-12,15H,7-10,13H2,1-2H3,(H2,24,25,26,27,31). The van der Waals surface area contributed by atoms with Gasteiger partial charge in [0.05, 0.1) is 6.54 Å². The molecular formula is C22H25ClN6O2. The van der Waals surface area contributed by atoms with E-state index in [9.17, 15) is 9.59 Å². The van der Waals surface area contributed by atoms with Crippen molar-refractivity contribution < 1.29 is 4.79 Å². The minimum Gasteiger partial charge on any atom is -0.351 e. The van der Waals surface area contributed by atoms with E-state index in [1.54, 1.807) is 37.3 Å². The maximum absolute atomic E-state index is 12.6. The second-order valence-corrected chi connectivity index (χ2v) is 8.38. The molecule has 2 aromatic heterocycles. The Balaban J connectivity index is 1.46. The molecule has 0 atom stereocenters. The number of benzene rings is 1. The van der Waals surface area contributed by atoms with E-state index < -0.39 is 0 Å². The van der Waals surface area contributed by atoms with Crippen molar-refractivity contribution in [3.8, 4) is 11.1 Å². The SMILES string of the molecule is CN(C)C(=O)CN1CCC(Nc2ncc3cc(-c4ccccc4Cl)c(=O)[nH]c3n2)CC1. The van der Waals surface area contributed by atoms with Crippen LogP contribution >= 0.6 is 11.6 Å². The van der Waals surface area contributed by atoms with Crippen molar-refractivity contribution in [3.05, 3.63) is 51.9 Å². The summed E-state index contributed by atoms with van der Waals surface area (Å²) in [6.07, 6.45) is 3.49. The van der Waals surface area contributed by atoms with Crippen molar-refractivity contribution in [1.82, 2.24) is 24.8 Å². The van der Waals surface area contributed by atoms with E-state index >= 15 is 0 Å². The van der Waals surface area contributed by atoms with Crippen molar-refractivity contribution in [2.24, 2.45) is 0 Å². The Morgan fingerprint density at radius 1 is 1.26 bits per heavy atom. The quantitative estimate of drug-likeness (QED) is 0.633. The number of aromatic amines is 1. The number of hydrogen-bond acceptors (Lipinski definition) is 6. The second kappa shape index (κ2) is 9.03. The van der Waals surface area contributed by atoms with Gasteiger partial charge in [-0.05, 0) is 25.0 Å². The van der Waals surface area contributed by atoms with E-state index in [1.165, 1.54) is 0 Å². The largest absolute Gasteiger partial charge is 0.351 e. The number of fused-ring (bicyclic) bond motifs is 1. The van der Waals surface area contributed by atoms with E-state index in [4.69, 9.17) is 11.6 Å². The molecule has 3 heterocycles. The van der Waals surface area contributed by atoms with Crippen molar-refractivity contribution in [2.45, 2.75) is 18.9 Å². The third kappa shape index (κ3) is 4.86. The Labute approximate surface area is 185 Å². The van der Waals surface area contributed by atoms with Crippen LogP contribution in [0.3, 0.4) is 0 Å². The molecule has 0 bridgehead atoms. The maximum Gasteiger partial charge on any atom is 0.257 e. The summed E-state index contributed by atoms with van der Waals surface area (Å²) >= 11 is 6.25. The second-order valence-electron chi connectivity index (χ2n) is 7.97. The molecule has 0 aliphatic carbocycles.